The molecule has 0 bridgehead atoms. The molecule has 0 amide bonds. The average molecular weight is 204 g/mol. The molecule has 2 heterocycles. The van der Waals surface area contributed by atoms with E-state index in [0.29, 0.717) is 0 Å². The summed E-state index contributed by atoms with van der Waals surface area (Å²) in [6.07, 6.45) is 9.70. The van der Waals surface area contributed by atoms with Crippen LogP contribution >= 0.6 is 0 Å². The quantitative estimate of drug-likeness (QED) is 0.707. The lowest BCUT2D eigenvalue weighted by Gasteiger charge is -2.20. The second-order valence-electron chi connectivity index (χ2n) is 4.47. The normalized spacial score (nSPS) is 31.3. The molecule has 0 radical (unpaired) electrons. The van der Waals surface area contributed by atoms with Gasteiger partial charge in [0.2, 0.25) is 0 Å². The van der Waals surface area contributed by atoms with Crippen molar-refractivity contribution < 1.29 is 0 Å². The molecule has 0 spiro atoms. The Morgan fingerprint density at radius 3 is 3.13 bits per heavy atom. The van der Waals surface area contributed by atoms with E-state index in [1.165, 1.54) is 25.1 Å². The lowest BCUT2D eigenvalue weighted by Crippen LogP contribution is -2.29. The zero-order chi connectivity index (χ0) is 10.7. The van der Waals surface area contributed by atoms with Crippen molar-refractivity contribution >= 4 is 0 Å². The first-order chi connectivity index (χ1) is 7.31. The first-order valence-electron chi connectivity index (χ1n) is 5.75. The lowest BCUT2D eigenvalue weighted by atomic mass is 10.1. The first-order valence-corrected chi connectivity index (χ1v) is 5.75. The van der Waals surface area contributed by atoms with Crippen molar-refractivity contribution in [1.82, 2.24) is 10.2 Å². The summed E-state index contributed by atoms with van der Waals surface area (Å²) >= 11 is 0. The number of nitrogens with zero attached hydrogens (tertiary/aromatic N) is 1. The Hall–Kier alpha value is -1.02. The Bertz CT molecular complexity index is 291. The highest BCUT2D eigenvalue weighted by Gasteiger charge is 2.35. The van der Waals surface area contributed by atoms with Crippen LogP contribution < -0.4 is 5.32 Å². The van der Waals surface area contributed by atoms with Crippen molar-refractivity contribution in [2.75, 3.05) is 19.6 Å². The molecule has 2 heteroatoms. The van der Waals surface area contributed by atoms with Gasteiger partial charge in [0.15, 0.2) is 0 Å². The maximum Gasteiger partial charge on any atom is 0.0449 e. The molecule has 2 rings (SSSR count). The summed E-state index contributed by atoms with van der Waals surface area (Å²) in [4.78, 5) is 2.47. The summed E-state index contributed by atoms with van der Waals surface area (Å²) < 4.78 is 0. The summed E-state index contributed by atoms with van der Waals surface area (Å²) in [6.45, 7) is 9.38. The molecule has 0 aromatic rings. The van der Waals surface area contributed by atoms with Gasteiger partial charge in [-0.2, -0.15) is 0 Å². The first kappa shape index (κ1) is 10.5. The maximum atomic E-state index is 3.74. The van der Waals surface area contributed by atoms with Gasteiger partial charge in [-0.3, -0.25) is 0 Å². The van der Waals surface area contributed by atoms with E-state index < -0.39 is 0 Å². The van der Waals surface area contributed by atoms with Gasteiger partial charge in [-0.1, -0.05) is 24.3 Å². The monoisotopic (exact) mass is 204 g/mol. The minimum atomic E-state index is 0.735. The van der Waals surface area contributed by atoms with Crippen LogP contribution in [0.15, 0.2) is 36.6 Å². The van der Waals surface area contributed by atoms with E-state index in [2.05, 4.69) is 42.1 Å². The van der Waals surface area contributed by atoms with E-state index in [1.807, 2.05) is 6.08 Å². The van der Waals surface area contributed by atoms with Crippen LogP contribution in [0.3, 0.4) is 0 Å². The average Bonchev–Trinajstić information content (AvgIpc) is 2.81. The molecule has 2 fully saturated rings. The van der Waals surface area contributed by atoms with Gasteiger partial charge in [-0.05, 0) is 31.5 Å². The molecule has 82 valence electrons. The van der Waals surface area contributed by atoms with Crippen LogP contribution in [-0.4, -0.2) is 30.6 Å². The molecule has 15 heavy (non-hydrogen) atoms. The number of nitrogens with one attached hydrogen (secondary N) is 1. The van der Waals surface area contributed by atoms with E-state index >= 15 is 0 Å². The van der Waals surface area contributed by atoms with Crippen molar-refractivity contribution in [3.8, 4) is 0 Å². The summed E-state index contributed by atoms with van der Waals surface area (Å²) in [5.41, 5.74) is 1.21. The van der Waals surface area contributed by atoms with Crippen molar-refractivity contribution in [2.45, 2.75) is 19.4 Å². The van der Waals surface area contributed by atoms with E-state index in [-0.39, 0.29) is 0 Å². The van der Waals surface area contributed by atoms with Gasteiger partial charge in [0.1, 0.15) is 0 Å². The van der Waals surface area contributed by atoms with Gasteiger partial charge in [0.25, 0.3) is 0 Å². The number of allylic oxidation sites excluding steroid dienone is 4. The summed E-state index contributed by atoms with van der Waals surface area (Å²) in [5.74, 6) is 0.874. The molecule has 2 saturated heterocycles. The zero-order valence-electron chi connectivity index (χ0n) is 9.45. The smallest absolute Gasteiger partial charge is 0.0449 e. The van der Waals surface area contributed by atoms with Crippen LogP contribution in [0.1, 0.15) is 13.3 Å². The summed E-state index contributed by atoms with van der Waals surface area (Å²) in [7, 11) is 0. The number of likely N-dealkylation sites (tertiary alicyclic amines) is 1. The number of fused-ring (bicyclic) bond motifs is 1. The van der Waals surface area contributed by atoms with E-state index in [9.17, 15) is 0 Å². The summed E-state index contributed by atoms with van der Waals surface area (Å²) in [6, 6.07) is 0.735. The fourth-order valence-corrected chi connectivity index (χ4v) is 2.44. The van der Waals surface area contributed by atoms with Gasteiger partial charge >= 0.3 is 0 Å². The molecular formula is C13H20N2. The second-order valence-corrected chi connectivity index (χ2v) is 4.47. The highest BCUT2D eigenvalue weighted by molar-refractivity contribution is 5.19. The Balaban J connectivity index is 1.92. The van der Waals surface area contributed by atoms with Crippen LogP contribution in [0.25, 0.3) is 0 Å². The maximum absolute atomic E-state index is 3.74. The molecule has 0 aromatic heterocycles. The predicted molar refractivity (Wildman–Crippen MR) is 64.6 cm³/mol. The van der Waals surface area contributed by atoms with Gasteiger partial charge in [0.05, 0.1) is 0 Å². The topological polar surface area (TPSA) is 15.3 Å². The molecule has 2 aliphatic rings. The molecule has 1 N–H and O–H groups in total. The van der Waals surface area contributed by atoms with Crippen LogP contribution in [0, 0.1) is 5.92 Å². The van der Waals surface area contributed by atoms with Gasteiger partial charge in [0, 0.05) is 25.7 Å². The Morgan fingerprint density at radius 1 is 1.47 bits per heavy atom. The Morgan fingerprint density at radius 2 is 2.33 bits per heavy atom. The molecule has 0 unspecified atom stereocenters. The third-order valence-electron chi connectivity index (χ3n) is 3.45. The van der Waals surface area contributed by atoms with Crippen LogP contribution in [0.4, 0.5) is 0 Å². The molecule has 0 aliphatic carbocycles. The van der Waals surface area contributed by atoms with Crippen molar-refractivity contribution in [1.29, 1.82) is 0 Å². The minimum Gasteiger partial charge on any atom is -0.373 e. The van der Waals surface area contributed by atoms with Gasteiger partial charge < -0.3 is 10.2 Å². The fraction of sp³-hybridized carbons (Fsp3) is 0.538. The number of hydrogen-bond acceptors (Lipinski definition) is 2. The molecule has 2 aliphatic heterocycles. The van der Waals surface area contributed by atoms with Crippen molar-refractivity contribution in [3.63, 3.8) is 0 Å². The fourth-order valence-electron chi connectivity index (χ4n) is 2.44. The van der Waals surface area contributed by atoms with Crippen LogP contribution in [0.2, 0.25) is 0 Å². The largest absolute Gasteiger partial charge is 0.373 e. The van der Waals surface area contributed by atoms with Gasteiger partial charge in [-0.15, -0.1) is 0 Å². The SMILES string of the molecule is C=C/C(C)=C\C=C\N1CC[C@@H]2CNC[C@@H]21. The standard InChI is InChI=1S/C13H20N2/c1-3-11(2)5-4-7-15-8-6-12-9-14-10-13(12)15/h3-5,7,12-14H,1,6,8-10H2,2H3/b7-4+,11-5-/t12-,13+/m1/s1. The summed E-state index contributed by atoms with van der Waals surface area (Å²) in [5, 5.41) is 3.46. The highest BCUT2D eigenvalue weighted by Crippen LogP contribution is 2.27. The molecule has 2 nitrogen and oxygen atoms in total. The third kappa shape index (κ3) is 2.32. The van der Waals surface area contributed by atoms with Crippen LogP contribution in [0.5, 0.6) is 0 Å². The second kappa shape index (κ2) is 4.67. The van der Waals surface area contributed by atoms with E-state index in [4.69, 9.17) is 0 Å². The molecular weight excluding hydrogens is 184 g/mol. The Labute approximate surface area is 92.3 Å². The zero-order valence-corrected chi connectivity index (χ0v) is 9.45. The highest BCUT2D eigenvalue weighted by atomic mass is 15.2. The van der Waals surface area contributed by atoms with Crippen molar-refractivity contribution in [2.24, 2.45) is 5.92 Å². The Kier molecular flexibility index (Phi) is 3.27. The molecule has 2 atom stereocenters. The molecule has 0 aromatic carbocycles. The number of rotatable bonds is 3. The lowest BCUT2D eigenvalue weighted by molar-refractivity contribution is 0.346. The number of hydrogen-bond donors (Lipinski definition) is 1. The predicted octanol–water partition coefficient (Wildman–Crippen LogP) is 1.93. The minimum absolute atomic E-state index is 0.735. The molecule has 0 saturated carbocycles. The van der Waals surface area contributed by atoms with E-state index in [0.717, 1.165) is 18.5 Å². The van der Waals surface area contributed by atoms with Crippen molar-refractivity contribution in [3.05, 3.63) is 36.6 Å². The van der Waals surface area contributed by atoms with Gasteiger partial charge in [-0.25, -0.2) is 0 Å². The third-order valence-corrected chi connectivity index (χ3v) is 3.45. The van der Waals surface area contributed by atoms with E-state index in [1.54, 1.807) is 0 Å². The van der Waals surface area contributed by atoms with Crippen LogP contribution in [-0.2, 0) is 0 Å².